The Morgan fingerprint density at radius 1 is 1.44 bits per heavy atom. The predicted octanol–water partition coefficient (Wildman–Crippen LogP) is 2.81. The summed E-state index contributed by atoms with van der Waals surface area (Å²) >= 11 is 0. The lowest BCUT2D eigenvalue weighted by Gasteiger charge is -2.32. The van der Waals surface area contributed by atoms with Crippen molar-refractivity contribution in [2.24, 2.45) is 0 Å². The van der Waals surface area contributed by atoms with Crippen LogP contribution in [0.2, 0.25) is 0 Å². The number of hydrogen-bond donors (Lipinski definition) is 1. The van der Waals surface area contributed by atoms with Crippen LogP contribution in [0.3, 0.4) is 0 Å². The van der Waals surface area contributed by atoms with Crippen LogP contribution in [0.1, 0.15) is 31.7 Å². The van der Waals surface area contributed by atoms with E-state index in [1.54, 1.807) is 0 Å². The molecule has 0 radical (unpaired) electrons. The van der Waals surface area contributed by atoms with Crippen LogP contribution in [-0.4, -0.2) is 29.9 Å². The highest BCUT2D eigenvalue weighted by Crippen LogP contribution is 2.16. The molecule has 3 nitrogen and oxygen atoms in total. The first-order valence-corrected chi connectivity index (χ1v) is 6.76. The molecule has 1 aliphatic heterocycles. The standard InChI is InChI=1S/C15H22N2O/c1-12-6-5-8-14(10-12)16-15(18)11-17-9-4-3-7-13(17)2/h5-6,8,10,13H,3-4,7,9,11H2,1-2H3,(H,16,18)/t13-/m0/s1. The first kappa shape index (κ1) is 13.1. The van der Waals surface area contributed by atoms with Gasteiger partial charge in [-0.3, -0.25) is 9.69 Å². The summed E-state index contributed by atoms with van der Waals surface area (Å²) in [5, 5.41) is 2.97. The Kier molecular flexibility index (Phi) is 4.37. The van der Waals surface area contributed by atoms with Crippen molar-refractivity contribution in [3.63, 3.8) is 0 Å². The van der Waals surface area contributed by atoms with Crippen LogP contribution in [0.15, 0.2) is 24.3 Å². The Morgan fingerprint density at radius 2 is 2.28 bits per heavy atom. The lowest BCUT2D eigenvalue weighted by molar-refractivity contribution is -0.118. The van der Waals surface area contributed by atoms with Crippen molar-refractivity contribution in [3.8, 4) is 0 Å². The molecule has 0 saturated carbocycles. The van der Waals surface area contributed by atoms with Gasteiger partial charge in [-0.2, -0.15) is 0 Å². The maximum Gasteiger partial charge on any atom is 0.238 e. The highest BCUT2D eigenvalue weighted by molar-refractivity contribution is 5.92. The van der Waals surface area contributed by atoms with E-state index in [2.05, 4.69) is 17.1 Å². The van der Waals surface area contributed by atoms with Crippen molar-refractivity contribution in [1.82, 2.24) is 4.90 Å². The minimum atomic E-state index is 0.0920. The van der Waals surface area contributed by atoms with Gasteiger partial charge in [-0.1, -0.05) is 18.6 Å². The van der Waals surface area contributed by atoms with Gasteiger partial charge in [0.1, 0.15) is 0 Å². The van der Waals surface area contributed by atoms with Gasteiger partial charge in [0.2, 0.25) is 5.91 Å². The molecular formula is C15H22N2O. The van der Waals surface area contributed by atoms with E-state index < -0.39 is 0 Å². The van der Waals surface area contributed by atoms with Gasteiger partial charge < -0.3 is 5.32 Å². The largest absolute Gasteiger partial charge is 0.325 e. The number of amides is 1. The molecule has 1 N–H and O–H groups in total. The normalized spacial score (nSPS) is 20.7. The molecule has 18 heavy (non-hydrogen) atoms. The van der Waals surface area contributed by atoms with Gasteiger partial charge in [-0.05, 0) is 50.9 Å². The summed E-state index contributed by atoms with van der Waals surface area (Å²) in [4.78, 5) is 14.3. The molecule has 0 aromatic heterocycles. The number of benzene rings is 1. The maximum absolute atomic E-state index is 12.0. The van der Waals surface area contributed by atoms with Gasteiger partial charge in [-0.15, -0.1) is 0 Å². The van der Waals surface area contributed by atoms with Crippen LogP contribution in [0.5, 0.6) is 0 Å². The third-order valence-corrected chi connectivity index (χ3v) is 3.59. The van der Waals surface area contributed by atoms with Gasteiger partial charge >= 0.3 is 0 Å². The number of aryl methyl sites for hydroxylation is 1. The second kappa shape index (κ2) is 6.01. The molecule has 1 atom stereocenters. The molecule has 0 unspecified atom stereocenters. The highest BCUT2D eigenvalue weighted by Gasteiger charge is 2.20. The molecule has 1 aromatic carbocycles. The monoisotopic (exact) mass is 246 g/mol. The maximum atomic E-state index is 12.0. The van der Waals surface area contributed by atoms with E-state index in [1.165, 1.54) is 24.8 Å². The van der Waals surface area contributed by atoms with Gasteiger partial charge in [-0.25, -0.2) is 0 Å². The number of carbonyl (C=O) groups excluding carboxylic acids is 1. The third kappa shape index (κ3) is 3.57. The van der Waals surface area contributed by atoms with Crippen molar-refractivity contribution in [3.05, 3.63) is 29.8 Å². The minimum absolute atomic E-state index is 0.0920. The molecule has 98 valence electrons. The summed E-state index contributed by atoms with van der Waals surface area (Å²) in [7, 11) is 0. The number of piperidine rings is 1. The number of rotatable bonds is 3. The molecule has 0 aliphatic carbocycles. The van der Waals surface area contributed by atoms with Crippen LogP contribution >= 0.6 is 0 Å². The molecule has 0 spiro atoms. The zero-order valence-corrected chi connectivity index (χ0v) is 11.3. The topological polar surface area (TPSA) is 32.3 Å². The van der Waals surface area contributed by atoms with Crippen molar-refractivity contribution >= 4 is 11.6 Å². The first-order chi connectivity index (χ1) is 8.65. The number of nitrogens with zero attached hydrogens (tertiary/aromatic N) is 1. The quantitative estimate of drug-likeness (QED) is 0.889. The smallest absolute Gasteiger partial charge is 0.238 e. The lowest BCUT2D eigenvalue weighted by Crippen LogP contribution is -2.42. The van der Waals surface area contributed by atoms with Crippen LogP contribution in [0.4, 0.5) is 5.69 Å². The Bertz CT molecular complexity index is 417. The zero-order chi connectivity index (χ0) is 13.0. The summed E-state index contributed by atoms with van der Waals surface area (Å²) in [5.74, 6) is 0.0920. The van der Waals surface area contributed by atoms with Gasteiger partial charge in [0.25, 0.3) is 0 Å². The molecule has 1 aliphatic rings. The molecule has 1 heterocycles. The predicted molar refractivity (Wildman–Crippen MR) is 74.7 cm³/mol. The van der Waals surface area contributed by atoms with Crippen molar-refractivity contribution in [2.75, 3.05) is 18.4 Å². The molecule has 0 bridgehead atoms. The van der Waals surface area contributed by atoms with E-state index in [9.17, 15) is 4.79 Å². The van der Waals surface area contributed by atoms with E-state index in [4.69, 9.17) is 0 Å². The molecule has 1 saturated heterocycles. The highest BCUT2D eigenvalue weighted by atomic mass is 16.2. The molecule has 2 rings (SSSR count). The summed E-state index contributed by atoms with van der Waals surface area (Å²) in [6, 6.07) is 8.46. The van der Waals surface area contributed by atoms with E-state index >= 15 is 0 Å². The number of nitrogens with one attached hydrogen (secondary N) is 1. The van der Waals surface area contributed by atoms with Crippen molar-refractivity contribution in [2.45, 2.75) is 39.2 Å². The van der Waals surface area contributed by atoms with E-state index in [0.29, 0.717) is 12.6 Å². The summed E-state index contributed by atoms with van der Waals surface area (Å²) < 4.78 is 0. The number of hydrogen-bond acceptors (Lipinski definition) is 2. The molecular weight excluding hydrogens is 224 g/mol. The molecule has 1 aromatic rings. The minimum Gasteiger partial charge on any atom is -0.325 e. The van der Waals surface area contributed by atoms with Gasteiger partial charge in [0.15, 0.2) is 0 Å². The fraction of sp³-hybridized carbons (Fsp3) is 0.533. The van der Waals surface area contributed by atoms with Crippen LogP contribution in [0, 0.1) is 6.92 Å². The van der Waals surface area contributed by atoms with Gasteiger partial charge in [0.05, 0.1) is 6.54 Å². The third-order valence-electron chi connectivity index (χ3n) is 3.59. The van der Waals surface area contributed by atoms with Crippen LogP contribution in [-0.2, 0) is 4.79 Å². The Morgan fingerprint density at radius 3 is 3.00 bits per heavy atom. The van der Waals surface area contributed by atoms with Crippen LogP contribution < -0.4 is 5.32 Å². The van der Waals surface area contributed by atoms with Gasteiger partial charge in [0, 0.05) is 11.7 Å². The Labute approximate surface area is 109 Å². The molecule has 1 amide bonds. The number of carbonyl (C=O) groups is 1. The van der Waals surface area contributed by atoms with Crippen molar-refractivity contribution < 1.29 is 4.79 Å². The summed E-state index contributed by atoms with van der Waals surface area (Å²) in [6.45, 7) is 5.79. The summed E-state index contributed by atoms with van der Waals surface area (Å²) in [6.07, 6.45) is 3.71. The second-order valence-corrected chi connectivity index (χ2v) is 5.23. The summed E-state index contributed by atoms with van der Waals surface area (Å²) in [5.41, 5.74) is 2.06. The second-order valence-electron chi connectivity index (χ2n) is 5.23. The Hall–Kier alpha value is -1.35. The van der Waals surface area contributed by atoms with E-state index in [0.717, 1.165) is 12.2 Å². The van der Waals surface area contributed by atoms with E-state index in [1.807, 2.05) is 31.2 Å². The molecule has 1 fully saturated rings. The SMILES string of the molecule is Cc1cccc(NC(=O)CN2CCCC[C@@H]2C)c1. The lowest BCUT2D eigenvalue weighted by atomic mass is 10.0. The average Bonchev–Trinajstić information content (AvgIpc) is 2.32. The number of likely N-dealkylation sites (tertiary alicyclic amines) is 1. The number of anilines is 1. The van der Waals surface area contributed by atoms with Crippen LogP contribution in [0.25, 0.3) is 0 Å². The first-order valence-electron chi connectivity index (χ1n) is 6.76. The fourth-order valence-corrected chi connectivity index (χ4v) is 2.50. The fourth-order valence-electron chi connectivity index (χ4n) is 2.50. The Balaban J connectivity index is 1.88. The van der Waals surface area contributed by atoms with Crippen molar-refractivity contribution in [1.29, 1.82) is 0 Å². The zero-order valence-electron chi connectivity index (χ0n) is 11.3. The molecule has 3 heteroatoms. The van der Waals surface area contributed by atoms with E-state index in [-0.39, 0.29) is 5.91 Å². The average molecular weight is 246 g/mol.